The van der Waals surface area contributed by atoms with Gasteiger partial charge < -0.3 is 14.5 Å². The van der Waals surface area contributed by atoms with Crippen LogP contribution in [0.15, 0.2) is 47.8 Å². The Morgan fingerprint density at radius 3 is 2.42 bits per heavy atom. The Kier molecular flexibility index (Phi) is 8.95. The molecule has 4 rings (SSSR count). The van der Waals surface area contributed by atoms with Crippen molar-refractivity contribution in [2.24, 2.45) is 5.92 Å². The molecule has 2 aliphatic rings. The van der Waals surface area contributed by atoms with Crippen LogP contribution in [0.1, 0.15) is 61.8 Å². The van der Waals surface area contributed by atoms with E-state index in [1.165, 1.54) is 25.7 Å². The Morgan fingerprint density at radius 1 is 0.909 bits per heavy atom. The van der Waals surface area contributed by atoms with Crippen LogP contribution in [0.2, 0.25) is 0 Å². The topological polar surface area (TPSA) is 49.9 Å². The second-order valence-corrected chi connectivity index (χ2v) is 10.4. The Labute approximate surface area is 201 Å². The Balaban J connectivity index is 1.43. The predicted molar refractivity (Wildman–Crippen MR) is 132 cm³/mol. The quantitative estimate of drug-likeness (QED) is 0.452. The number of ether oxygens (including phenoxy) is 1. The largest absolute Gasteiger partial charge is 0.376 e. The van der Waals surface area contributed by atoms with Gasteiger partial charge >= 0.3 is 0 Å². The van der Waals surface area contributed by atoms with Crippen molar-refractivity contribution >= 4 is 23.2 Å². The van der Waals surface area contributed by atoms with Crippen molar-refractivity contribution in [3.63, 3.8) is 0 Å². The van der Waals surface area contributed by atoms with Crippen molar-refractivity contribution in [1.29, 1.82) is 0 Å². The molecule has 1 aliphatic heterocycles. The molecule has 178 valence electrons. The van der Waals surface area contributed by atoms with Gasteiger partial charge in [0.1, 0.15) is 0 Å². The van der Waals surface area contributed by atoms with E-state index in [1.54, 1.807) is 16.2 Å². The van der Waals surface area contributed by atoms with Crippen LogP contribution < -0.4 is 0 Å². The van der Waals surface area contributed by atoms with E-state index in [-0.39, 0.29) is 24.5 Å². The molecule has 1 unspecified atom stereocenters. The monoisotopic (exact) mass is 468 g/mol. The van der Waals surface area contributed by atoms with Crippen LogP contribution in [-0.2, 0) is 27.4 Å². The molecule has 1 atom stereocenters. The number of carbonyl (C=O) groups excluding carboxylic acids is 2. The highest BCUT2D eigenvalue weighted by Gasteiger charge is 2.27. The molecule has 2 amide bonds. The second-order valence-electron chi connectivity index (χ2n) is 9.41. The summed E-state index contributed by atoms with van der Waals surface area (Å²) in [5.41, 5.74) is 1.10. The molecule has 2 heterocycles. The molecular formula is C27H36N2O3S. The van der Waals surface area contributed by atoms with Crippen LogP contribution in [0.4, 0.5) is 0 Å². The lowest BCUT2D eigenvalue weighted by Crippen LogP contribution is -2.45. The van der Waals surface area contributed by atoms with Crippen molar-refractivity contribution in [3.8, 4) is 0 Å². The number of nitrogens with zero attached hydrogens (tertiary/aromatic N) is 2. The van der Waals surface area contributed by atoms with Crippen LogP contribution in [-0.4, -0.2) is 47.4 Å². The summed E-state index contributed by atoms with van der Waals surface area (Å²) in [6.45, 7) is 2.51. The normalized spacial score (nSPS) is 18.5. The summed E-state index contributed by atoms with van der Waals surface area (Å²) in [4.78, 5) is 31.6. The van der Waals surface area contributed by atoms with E-state index in [0.29, 0.717) is 32.0 Å². The van der Waals surface area contributed by atoms with Crippen LogP contribution in [0.3, 0.4) is 0 Å². The van der Waals surface area contributed by atoms with Gasteiger partial charge in [-0.1, -0.05) is 62.1 Å². The van der Waals surface area contributed by atoms with Crippen LogP contribution in [0.5, 0.6) is 0 Å². The molecule has 6 heteroatoms. The molecule has 1 saturated heterocycles. The van der Waals surface area contributed by atoms with Crippen molar-refractivity contribution in [2.75, 3.05) is 19.7 Å². The van der Waals surface area contributed by atoms with E-state index < -0.39 is 0 Å². The SMILES string of the molecule is O=C(CN(CC1CCCO1)C(=O)CCC1CCCC1)N(Cc1ccccc1)Cc1cccs1. The minimum atomic E-state index is -0.000494. The molecule has 0 radical (unpaired) electrons. The van der Waals surface area contributed by atoms with Crippen molar-refractivity contribution in [3.05, 3.63) is 58.3 Å². The van der Waals surface area contributed by atoms with Gasteiger partial charge in [-0.15, -0.1) is 11.3 Å². The molecule has 0 bridgehead atoms. The first-order chi connectivity index (χ1) is 16.2. The van der Waals surface area contributed by atoms with Gasteiger partial charge in [-0.3, -0.25) is 9.59 Å². The lowest BCUT2D eigenvalue weighted by atomic mass is 10.0. The van der Waals surface area contributed by atoms with E-state index >= 15 is 0 Å². The molecular weight excluding hydrogens is 432 g/mol. The highest BCUT2D eigenvalue weighted by molar-refractivity contribution is 7.09. The van der Waals surface area contributed by atoms with Gasteiger partial charge in [0.05, 0.1) is 19.2 Å². The zero-order valence-corrected chi connectivity index (χ0v) is 20.3. The van der Waals surface area contributed by atoms with E-state index in [0.717, 1.165) is 36.3 Å². The summed E-state index contributed by atoms with van der Waals surface area (Å²) >= 11 is 1.66. The van der Waals surface area contributed by atoms with Gasteiger partial charge in [0.2, 0.25) is 11.8 Å². The number of thiophene rings is 1. The average Bonchev–Trinajstić information content (AvgIpc) is 3.61. The highest BCUT2D eigenvalue weighted by Crippen LogP contribution is 2.29. The highest BCUT2D eigenvalue weighted by atomic mass is 32.1. The summed E-state index contributed by atoms with van der Waals surface area (Å²) in [6, 6.07) is 14.2. The zero-order chi connectivity index (χ0) is 22.9. The summed E-state index contributed by atoms with van der Waals surface area (Å²) in [5, 5.41) is 2.04. The van der Waals surface area contributed by atoms with Crippen molar-refractivity contribution < 1.29 is 14.3 Å². The summed E-state index contributed by atoms with van der Waals surface area (Å²) in [7, 11) is 0. The molecule has 1 aliphatic carbocycles. The van der Waals surface area contributed by atoms with Gasteiger partial charge in [0.25, 0.3) is 0 Å². The molecule has 2 aromatic rings. The first kappa shape index (κ1) is 24.0. The Morgan fingerprint density at radius 2 is 1.73 bits per heavy atom. The van der Waals surface area contributed by atoms with Gasteiger partial charge in [-0.05, 0) is 42.2 Å². The van der Waals surface area contributed by atoms with Crippen molar-refractivity contribution in [1.82, 2.24) is 9.80 Å². The molecule has 1 aromatic heterocycles. The van der Waals surface area contributed by atoms with E-state index in [1.807, 2.05) is 46.7 Å². The van der Waals surface area contributed by atoms with Gasteiger partial charge in [-0.25, -0.2) is 0 Å². The number of benzene rings is 1. The number of hydrogen-bond donors (Lipinski definition) is 0. The fourth-order valence-corrected chi connectivity index (χ4v) is 5.68. The lowest BCUT2D eigenvalue weighted by Gasteiger charge is -2.29. The van der Waals surface area contributed by atoms with E-state index in [2.05, 4.69) is 6.07 Å². The zero-order valence-electron chi connectivity index (χ0n) is 19.5. The van der Waals surface area contributed by atoms with Gasteiger partial charge in [0, 0.05) is 31.0 Å². The maximum Gasteiger partial charge on any atom is 0.242 e. The van der Waals surface area contributed by atoms with Crippen LogP contribution >= 0.6 is 11.3 Å². The second kappa shape index (κ2) is 12.3. The summed E-state index contributed by atoms with van der Waals surface area (Å²) in [5.74, 6) is 0.767. The third kappa shape index (κ3) is 7.41. The third-order valence-electron chi connectivity index (χ3n) is 6.86. The minimum Gasteiger partial charge on any atom is -0.376 e. The molecule has 1 aromatic carbocycles. The molecule has 33 heavy (non-hydrogen) atoms. The van der Waals surface area contributed by atoms with Crippen molar-refractivity contribution in [2.45, 2.75) is 70.6 Å². The summed E-state index contributed by atoms with van der Waals surface area (Å²) in [6.07, 6.45) is 8.57. The van der Waals surface area contributed by atoms with Gasteiger partial charge in [-0.2, -0.15) is 0 Å². The smallest absolute Gasteiger partial charge is 0.242 e. The fourth-order valence-electron chi connectivity index (χ4n) is 4.96. The molecule has 1 saturated carbocycles. The lowest BCUT2D eigenvalue weighted by molar-refractivity contribution is -0.142. The molecule has 5 nitrogen and oxygen atoms in total. The Bertz CT molecular complexity index is 859. The predicted octanol–water partition coefficient (Wildman–Crippen LogP) is 5.25. The number of rotatable bonds is 11. The van der Waals surface area contributed by atoms with E-state index in [9.17, 15) is 9.59 Å². The number of amides is 2. The maximum atomic E-state index is 13.5. The minimum absolute atomic E-state index is 0.000494. The maximum absolute atomic E-state index is 13.5. The number of hydrogen-bond acceptors (Lipinski definition) is 4. The van der Waals surface area contributed by atoms with Crippen LogP contribution in [0, 0.1) is 5.92 Å². The van der Waals surface area contributed by atoms with E-state index in [4.69, 9.17) is 4.74 Å². The molecule has 0 spiro atoms. The average molecular weight is 469 g/mol. The molecule has 0 N–H and O–H groups in total. The molecule has 2 fully saturated rings. The van der Waals surface area contributed by atoms with Gasteiger partial charge in [0.15, 0.2) is 0 Å². The first-order valence-electron chi connectivity index (χ1n) is 12.4. The number of carbonyl (C=O) groups is 2. The third-order valence-corrected chi connectivity index (χ3v) is 7.72. The fraction of sp³-hybridized carbons (Fsp3) is 0.556. The standard InChI is InChI=1S/C27H36N2O3S/c30-26(15-14-22-8-4-5-9-22)29(19-24-12-6-16-32-24)21-27(31)28(20-25-13-7-17-33-25)18-23-10-2-1-3-11-23/h1-3,7,10-11,13,17,22,24H,4-6,8-9,12,14-16,18-21H2. The summed E-state index contributed by atoms with van der Waals surface area (Å²) < 4.78 is 5.82. The first-order valence-corrected chi connectivity index (χ1v) is 13.3. The Hall–Kier alpha value is -2.18. The van der Waals surface area contributed by atoms with Crippen LogP contribution in [0.25, 0.3) is 0 Å².